The first kappa shape index (κ1) is 27.6. The molecule has 41 heavy (non-hydrogen) atoms. The fourth-order valence-corrected chi connectivity index (χ4v) is 9.27. The molecule has 0 radical (unpaired) electrons. The maximum atomic E-state index is 13.0. The van der Waals surface area contributed by atoms with E-state index in [1.807, 2.05) is 0 Å². The summed E-state index contributed by atoms with van der Waals surface area (Å²) in [5.74, 6) is 0.446. The van der Waals surface area contributed by atoms with Crippen LogP contribution in [0.1, 0.15) is 87.9 Å². The van der Waals surface area contributed by atoms with Crippen LogP contribution in [0.15, 0.2) is 60.2 Å². The van der Waals surface area contributed by atoms with Gasteiger partial charge in [0.2, 0.25) is 0 Å². The summed E-state index contributed by atoms with van der Waals surface area (Å²) in [7, 11) is 0. The number of aliphatic hydroxyl groups is 1. The third-order valence-electron chi connectivity index (χ3n) is 11.1. The second kappa shape index (κ2) is 11.8. The second-order valence-corrected chi connectivity index (χ2v) is 13.6. The number of rotatable bonds is 1. The number of aromatic amines is 1. The molecule has 1 aliphatic carbocycles. The van der Waals surface area contributed by atoms with E-state index in [1.165, 1.54) is 72.8 Å². The van der Waals surface area contributed by atoms with Gasteiger partial charge in [-0.05, 0) is 120 Å². The van der Waals surface area contributed by atoms with Crippen molar-refractivity contribution in [1.82, 2.24) is 20.5 Å². The van der Waals surface area contributed by atoms with E-state index in [2.05, 4.69) is 75.2 Å². The molecule has 2 aromatic rings. The van der Waals surface area contributed by atoms with Gasteiger partial charge in [0.25, 0.3) is 0 Å². The van der Waals surface area contributed by atoms with Gasteiger partial charge in [-0.15, -0.1) is 0 Å². The number of hydrogen-bond acceptors (Lipinski definition) is 4. The van der Waals surface area contributed by atoms with Crippen LogP contribution in [0.5, 0.6) is 0 Å². The van der Waals surface area contributed by atoms with Gasteiger partial charge in [0.15, 0.2) is 0 Å². The van der Waals surface area contributed by atoms with Crippen molar-refractivity contribution in [2.45, 2.75) is 94.7 Å². The van der Waals surface area contributed by atoms with E-state index < -0.39 is 5.60 Å². The van der Waals surface area contributed by atoms with Crippen LogP contribution < -0.4 is 10.6 Å². The van der Waals surface area contributed by atoms with Crippen molar-refractivity contribution in [3.8, 4) is 0 Å². The molecular formula is C36H50N4O. The first-order chi connectivity index (χ1) is 20.2. The van der Waals surface area contributed by atoms with Gasteiger partial charge >= 0.3 is 0 Å². The van der Waals surface area contributed by atoms with Crippen LogP contribution in [0.4, 0.5) is 0 Å². The monoisotopic (exact) mass is 554 g/mol. The van der Waals surface area contributed by atoms with E-state index >= 15 is 0 Å². The Labute approximate surface area is 246 Å². The van der Waals surface area contributed by atoms with Crippen molar-refractivity contribution < 1.29 is 5.11 Å². The standard InChI is InChI=1S/C36H50N4O/c41-36-20-12-6-2-4-8-14-23-40-24-18-30(35(26-40)19-11-5-1-3-7-13-21-38-34(35)36)29(25-36)32-33-28(17-22-37-32)27-15-9-10-16-31(27)39-33/h1-2,5-6,9-10,15-16,25,30,32,34,37-39,41H,3-4,7-8,11-14,17-24,26H2/b5-1-,6-2-/t30?,32-,34-,35?,36+/m1/s1. The minimum Gasteiger partial charge on any atom is -0.384 e. The molecule has 7 rings (SSSR count). The molecule has 3 bridgehead atoms. The molecule has 5 aliphatic rings. The number of para-hydroxylation sites is 1. The molecule has 1 saturated heterocycles. The molecule has 1 spiro atoms. The lowest BCUT2D eigenvalue weighted by Gasteiger charge is -2.61. The first-order valence-corrected chi connectivity index (χ1v) is 16.7. The molecule has 4 aliphatic heterocycles. The van der Waals surface area contributed by atoms with Crippen LogP contribution in [-0.4, -0.2) is 59.4 Å². The number of allylic oxidation sites excluding steroid dienone is 4. The van der Waals surface area contributed by atoms with Crippen molar-refractivity contribution in [3.63, 3.8) is 0 Å². The molecule has 0 saturated carbocycles. The average molecular weight is 555 g/mol. The van der Waals surface area contributed by atoms with Gasteiger partial charge in [0.1, 0.15) is 0 Å². The molecule has 5 heteroatoms. The van der Waals surface area contributed by atoms with Crippen LogP contribution in [0.2, 0.25) is 0 Å². The maximum Gasteiger partial charge on any atom is 0.0992 e. The summed E-state index contributed by atoms with van der Waals surface area (Å²) >= 11 is 0. The number of H-pyrrole nitrogens is 1. The largest absolute Gasteiger partial charge is 0.384 e. The summed E-state index contributed by atoms with van der Waals surface area (Å²) in [5.41, 5.74) is 4.62. The lowest BCUT2D eigenvalue weighted by molar-refractivity contribution is -0.0902. The predicted molar refractivity (Wildman–Crippen MR) is 169 cm³/mol. The van der Waals surface area contributed by atoms with Crippen LogP contribution in [-0.2, 0) is 6.42 Å². The summed E-state index contributed by atoms with van der Waals surface area (Å²) in [5, 5.41) is 22.4. The molecule has 4 N–H and O–H groups in total. The van der Waals surface area contributed by atoms with Crippen LogP contribution in [0.25, 0.3) is 10.9 Å². The Balaban J connectivity index is 1.38. The van der Waals surface area contributed by atoms with Crippen molar-refractivity contribution in [1.29, 1.82) is 0 Å². The van der Waals surface area contributed by atoms with Gasteiger partial charge in [-0.1, -0.05) is 48.6 Å². The van der Waals surface area contributed by atoms with Crippen LogP contribution in [0, 0.1) is 11.3 Å². The van der Waals surface area contributed by atoms with E-state index in [1.54, 1.807) is 0 Å². The number of piperidine rings is 1. The normalized spacial score (nSPS) is 38.2. The van der Waals surface area contributed by atoms with Gasteiger partial charge in [-0.2, -0.15) is 0 Å². The molecular weight excluding hydrogens is 504 g/mol. The average Bonchev–Trinajstić information content (AvgIpc) is 3.35. The molecule has 1 fully saturated rings. The fraction of sp³-hybridized carbons (Fsp3) is 0.611. The third kappa shape index (κ3) is 5.18. The highest BCUT2D eigenvalue weighted by atomic mass is 16.3. The Morgan fingerprint density at radius 1 is 0.829 bits per heavy atom. The van der Waals surface area contributed by atoms with E-state index in [4.69, 9.17) is 0 Å². The van der Waals surface area contributed by atoms with Crippen molar-refractivity contribution >= 4 is 10.9 Å². The topological polar surface area (TPSA) is 63.3 Å². The minimum absolute atomic E-state index is 0.00512. The van der Waals surface area contributed by atoms with Gasteiger partial charge in [0.05, 0.1) is 11.6 Å². The van der Waals surface area contributed by atoms with E-state index in [0.717, 1.165) is 64.7 Å². The number of nitrogens with one attached hydrogen (secondary N) is 3. The molecule has 1 aromatic carbocycles. The van der Waals surface area contributed by atoms with Crippen LogP contribution >= 0.6 is 0 Å². The highest BCUT2D eigenvalue weighted by Crippen LogP contribution is 2.56. The lowest BCUT2D eigenvalue weighted by Crippen LogP contribution is -2.69. The highest BCUT2D eigenvalue weighted by molar-refractivity contribution is 5.85. The zero-order valence-corrected chi connectivity index (χ0v) is 24.8. The maximum absolute atomic E-state index is 13.0. The Bertz CT molecular complexity index is 1310. The van der Waals surface area contributed by atoms with Crippen molar-refractivity contribution in [2.75, 3.05) is 32.7 Å². The summed E-state index contributed by atoms with van der Waals surface area (Å²) in [6, 6.07) is 9.01. The van der Waals surface area contributed by atoms with Gasteiger partial charge in [0, 0.05) is 41.1 Å². The Hall–Kier alpha value is -2.18. The number of fused-ring (bicyclic) bond motifs is 4. The number of aromatic nitrogens is 1. The van der Waals surface area contributed by atoms with Gasteiger partial charge < -0.3 is 25.6 Å². The molecule has 3 unspecified atom stereocenters. The molecule has 6 atom stereocenters. The molecule has 1 aromatic heterocycles. The zero-order valence-electron chi connectivity index (χ0n) is 24.8. The Morgan fingerprint density at radius 2 is 1.63 bits per heavy atom. The van der Waals surface area contributed by atoms with Gasteiger partial charge in [-0.3, -0.25) is 0 Å². The summed E-state index contributed by atoms with van der Waals surface area (Å²) in [6.07, 6.45) is 25.4. The quantitative estimate of drug-likeness (QED) is 0.311. The fourth-order valence-electron chi connectivity index (χ4n) is 9.27. The van der Waals surface area contributed by atoms with Crippen molar-refractivity contribution in [2.24, 2.45) is 11.3 Å². The Morgan fingerprint density at radius 3 is 2.54 bits per heavy atom. The first-order valence-electron chi connectivity index (χ1n) is 16.7. The second-order valence-electron chi connectivity index (χ2n) is 13.6. The predicted octanol–water partition coefficient (Wildman–Crippen LogP) is 6.33. The number of hydrogen-bond donors (Lipinski definition) is 4. The summed E-state index contributed by atoms with van der Waals surface area (Å²) in [4.78, 5) is 6.63. The molecule has 5 heterocycles. The lowest BCUT2D eigenvalue weighted by atomic mass is 9.52. The molecule has 0 amide bonds. The van der Waals surface area contributed by atoms with E-state index in [9.17, 15) is 5.11 Å². The SMILES string of the molecule is O[C@]12C=C([C@H]3NCCc4c3[nH]c3ccccc43)C3CCN(CCCC/C=C\CC1)CC31CC/C=C\CCCCN[C@H]12. The summed E-state index contributed by atoms with van der Waals surface area (Å²) < 4.78 is 0. The van der Waals surface area contributed by atoms with Gasteiger partial charge in [-0.25, -0.2) is 0 Å². The smallest absolute Gasteiger partial charge is 0.0992 e. The Kier molecular flexibility index (Phi) is 7.98. The third-order valence-corrected chi connectivity index (χ3v) is 11.1. The molecule has 5 nitrogen and oxygen atoms in total. The van der Waals surface area contributed by atoms with Crippen LogP contribution in [0.3, 0.4) is 0 Å². The van der Waals surface area contributed by atoms with E-state index in [-0.39, 0.29) is 17.5 Å². The highest BCUT2D eigenvalue weighted by Gasteiger charge is 2.59. The number of benzene rings is 1. The van der Waals surface area contributed by atoms with Crippen molar-refractivity contribution in [3.05, 3.63) is 71.5 Å². The summed E-state index contributed by atoms with van der Waals surface area (Å²) in [6.45, 7) is 5.39. The minimum atomic E-state index is -0.879. The van der Waals surface area contributed by atoms with E-state index in [0.29, 0.717) is 5.92 Å². The number of nitrogens with zero attached hydrogens (tertiary/aromatic N) is 1. The molecule has 220 valence electrons. The zero-order chi connectivity index (χ0) is 27.7.